The molecule has 2 aromatic rings. The normalized spacial score (nSPS) is 27.7. The van der Waals surface area contributed by atoms with Crippen LogP contribution < -0.4 is 10.6 Å². The van der Waals surface area contributed by atoms with E-state index in [1.807, 2.05) is 12.4 Å². The number of pyridine rings is 1. The van der Waals surface area contributed by atoms with Crippen molar-refractivity contribution in [1.82, 2.24) is 4.98 Å². The van der Waals surface area contributed by atoms with E-state index in [-0.39, 0.29) is 0 Å². The van der Waals surface area contributed by atoms with Crippen LogP contribution in [0.4, 0.5) is 5.69 Å². The van der Waals surface area contributed by atoms with Crippen LogP contribution in [0, 0.1) is 5.92 Å². The molecule has 3 heteroatoms. The van der Waals surface area contributed by atoms with Gasteiger partial charge in [-0.25, -0.2) is 0 Å². The molecule has 100 valence electrons. The van der Waals surface area contributed by atoms with Gasteiger partial charge < -0.3 is 10.6 Å². The molecule has 1 aromatic heterocycles. The number of hydrogen-bond donors (Lipinski definition) is 1. The molecule has 3 unspecified atom stereocenters. The number of nitrogens with two attached hydrogens (primary N) is 1. The monoisotopic (exact) mass is 255 g/mol. The number of benzene rings is 1. The summed E-state index contributed by atoms with van der Waals surface area (Å²) in [7, 11) is 0. The first kappa shape index (κ1) is 12.4. The van der Waals surface area contributed by atoms with Crippen LogP contribution in [0.3, 0.4) is 0 Å². The lowest BCUT2D eigenvalue weighted by Crippen LogP contribution is -2.51. The van der Waals surface area contributed by atoms with Crippen molar-refractivity contribution in [3.63, 3.8) is 0 Å². The maximum absolute atomic E-state index is 6.18. The number of rotatable bonds is 1. The van der Waals surface area contributed by atoms with Gasteiger partial charge in [0.05, 0.1) is 0 Å². The Morgan fingerprint density at radius 1 is 1.26 bits per heavy atom. The summed E-state index contributed by atoms with van der Waals surface area (Å²) in [6.07, 6.45) is 4.87. The summed E-state index contributed by atoms with van der Waals surface area (Å²) < 4.78 is 0. The lowest BCUT2D eigenvalue weighted by molar-refractivity contribution is 0.316. The average Bonchev–Trinajstić information content (AvgIpc) is 2.45. The van der Waals surface area contributed by atoms with Crippen LogP contribution in [0.2, 0.25) is 0 Å². The molecule has 3 rings (SSSR count). The Morgan fingerprint density at radius 3 is 2.95 bits per heavy atom. The Balaban J connectivity index is 2.05. The third kappa shape index (κ3) is 2.08. The number of nitrogens with zero attached hydrogens (tertiary/aromatic N) is 2. The summed E-state index contributed by atoms with van der Waals surface area (Å²) in [4.78, 5) is 6.70. The summed E-state index contributed by atoms with van der Waals surface area (Å²) in [5.74, 6) is 0.519. The van der Waals surface area contributed by atoms with Crippen LogP contribution in [0.25, 0.3) is 10.8 Å². The highest BCUT2D eigenvalue weighted by molar-refractivity contribution is 5.93. The largest absolute Gasteiger partial charge is 0.368 e. The van der Waals surface area contributed by atoms with Crippen LogP contribution in [0.1, 0.15) is 20.3 Å². The maximum atomic E-state index is 6.18. The quantitative estimate of drug-likeness (QED) is 0.852. The van der Waals surface area contributed by atoms with Gasteiger partial charge in [-0.3, -0.25) is 4.98 Å². The highest BCUT2D eigenvalue weighted by Gasteiger charge is 2.30. The van der Waals surface area contributed by atoms with Crippen LogP contribution in [-0.2, 0) is 0 Å². The van der Waals surface area contributed by atoms with Crippen molar-refractivity contribution < 1.29 is 0 Å². The molecule has 19 heavy (non-hydrogen) atoms. The predicted octanol–water partition coefficient (Wildman–Crippen LogP) is 2.80. The smallest absolute Gasteiger partial charge is 0.0449 e. The first-order valence-electron chi connectivity index (χ1n) is 7.03. The highest BCUT2D eigenvalue weighted by Crippen LogP contribution is 2.32. The van der Waals surface area contributed by atoms with Gasteiger partial charge in [0.2, 0.25) is 0 Å². The van der Waals surface area contributed by atoms with E-state index in [1.54, 1.807) is 0 Å². The minimum Gasteiger partial charge on any atom is -0.368 e. The van der Waals surface area contributed by atoms with Gasteiger partial charge in [0.15, 0.2) is 0 Å². The Labute approximate surface area is 114 Å². The van der Waals surface area contributed by atoms with E-state index in [2.05, 4.69) is 48.0 Å². The molecule has 1 aliphatic rings. The van der Waals surface area contributed by atoms with E-state index >= 15 is 0 Å². The fraction of sp³-hybridized carbons (Fsp3) is 0.438. The average molecular weight is 255 g/mol. The van der Waals surface area contributed by atoms with Crippen LogP contribution in [-0.4, -0.2) is 23.6 Å². The number of hydrogen-bond acceptors (Lipinski definition) is 3. The van der Waals surface area contributed by atoms with Gasteiger partial charge in [0, 0.05) is 47.5 Å². The molecule has 1 saturated heterocycles. The molecule has 2 N–H and O–H groups in total. The van der Waals surface area contributed by atoms with Crippen LogP contribution >= 0.6 is 0 Å². The third-order valence-electron chi connectivity index (χ3n) is 4.60. The molecular formula is C16H21N3. The first-order chi connectivity index (χ1) is 9.18. The van der Waals surface area contributed by atoms with E-state index in [0.717, 1.165) is 13.0 Å². The minimum atomic E-state index is 0.322. The van der Waals surface area contributed by atoms with Crippen molar-refractivity contribution >= 4 is 16.5 Å². The van der Waals surface area contributed by atoms with Crippen molar-refractivity contribution in [2.75, 3.05) is 11.4 Å². The molecule has 2 heterocycles. The van der Waals surface area contributed by atoms with Crippen molar-refractivity contribution in [3.8, 4) is 0 Å². The maximum Gasteiger partial charge on any atom is 0.0449 e. The summed E-state index contributed by atoms with van der Waals surface area (Å²) in [6, 6.07) is 9.35. The van der Waals surface area contributed by atoms with Gasteiger partial charge in [0.1, 0.15) is 0 Å². The lowest BCUT2D eigenvalue weighted by atomic mass is 9.87. The lowest BCUT2D eigenvalue weighted by Gasteiger charge is -2.43. The molecule has 1 fully saturated rings. The number of piperidine rings is 1. The van der Waals surface area contributed by atoms with Crippen molar-refractivity contribution in [3.05, 3.63) is 36.7 Å². The summed E-state index contributed by atoms with van der Waals surface area (Å²) in [5, 5.41) is 2.49. The number of fused-ring (bicyclic) bond motifs is 1. The molecule has 0 aliphatic carbocycles. The second kappa shape index (κ2) is 4.82. The first-order valence-corrected chi connectivity index (χ1v) is 7.03. The van der Waals surface area contributed by atoms with E-state index in [9.17, 15) is 0 Å². The molecule has 0 radical (unpaired) electrons. The molecule has 0 spiro atoms. The molecule has 0 saturated carbocycles. The fourth-order valence-electron chi connectivity index (χ4n) is 3.09. The van der Waals surface area contributed by atoms with Crippen molar-refractivity contribution in [2.45, 2.75) is 32.4 Å². The molecule has 3 atom stereocenters. The molecule has 1 aliphatic heterocycles. The molecule has 0 bridgehead atoms. The van der Waals surface area contributed by atoms with Gasteiger partial charge in [-0.05, 0) is 31.4 Å². The zero-order chi connectivity index (χ0) is 13.4. The number of aromatic nitrogens is 1. The number of anilines is 1. The van der Waals surface area contributed by atoms with E-state index in [4.69, 9.17) is 5.73 Å². The third-order valence-corrected chi connectivity index (χ3v) is 4.60. The fourth-order valence-corrected chi connectivity index (χ4v) is 3.09. The Morgan fingerprint density at radius 2 is 2.11 bits per heavy atom. The van der Waals surface area contributed by atoms with E-state index in [1.165, 1.54) is 16.5 Å². The van der Waals surface area contributed by atoms with Gasteiger partial charge in [0.25, 0.3) is 0 Å². The van der Waals surface area contributed by atoms with Gasteiger partial charge in [-0.1, -0.05) is 19.1 Å². The Bertz CT molecular complexity index is 576. The second-order valence-corrected chi connectivity index (χ2v) is 5.62. The topological polar surface area (TPSA) is 42.1 Å². The zero-order valence-corrected chi connectivity index (χ0v) is 11.6. The molecule has 1 aromatic carbocycles. The molecular weight excluding hydrogens is 234 g/mol. The predicted molar refractivity (Wildman–Crippen MR) is 80.3 cm³/mol. The summed E-state index contributed by atoms with van der Waals surface area (Å²) in [6.45, 7) is 5.58. The van der Waals surface area contributed by atoms with E-state index < -0.39 is 0 Å². The Kier molecular flexibility index (Phi) is 3.15. The summed E-state index contributed by atoms with van der Waals surface area (Å²) >= 11 is 0. The van der Waals surface area contributed by atoms with Gasteiger partial charge in [-0.2, -0.15) is 0 Å². The van der Waals surface area contributed by atoms with Gasteiger partial charge >= 0.3 is 0 Å². The van der Waals surface area contributed by atoms with Crippen molar-refractivity contribution in [1.29, 1.82) is 0 Å². The molecule has 0 amide bonds. The zero-order valence-electron chi connectivity index (χ0n) is 11.6. The Hall–Kier alpha value is -1.61. The minimum absolute atomic E-state index is 0.322. The molecule has 3 nitrogen and oxygen atoms in total. The van der Waals surface area contributed by atoms with Gasteiger partial charge in [-0.15, -0.1) is 0 Å². The van der Waals surface area contributed by atoms with E-state index in [0.29, 0.717) is 18.0 Å². The summed E-state index contributed by atoms with van der Waals surface area (Å²) in [5.41, 5.74) is 7.50. The van der Waals surface area contributed by atoms with Crippen molar-refractivity contribution in [2.24, 2.45) is 11.7 Å². The second-order valence-electron chi connectivity index (χ2n) is 5.62. The van der Waals surface area contributed by atoms with Crippen LogP contribution in [0.5, 0.6) is 0 Å². The SMILES string of the molecule is CC1C(N)CCN(c2cccc3cnccc23)C1C. The van der Waals surface area contributed by atoms with Crippen LogP contribution in [0.15, 0.2) is 36.7 Å². The standard InChI is InChI=1S/C16H21N3/c1-11-12(2)19(9-7-15(11)17)16-5-3-4-13-10-18-8-6-14(13)16/h3-6,8,10-12,15H,7,9,17H2,1-2H3. The highest BCUT2D eigenvalue weighted by atomic mass is 15.2.